The maximum absolute atomic E-state index is 13.6. The lowest BCUT2D eigenvalue weighted by Crippen LogP contribution is -2.47. The number of nitrogens with one attached hydrogen (secondary N) is 1. The second-order valence-corrected chi connectivity index (χ2v) is 24.7. The van der Waals surface area contributed by atoms with Crippen LogP contribution in [-0.4, -0.2) is 74.3 Å². The fraction of sp³-hybridized carbons (Fsp3) is 0.794. The molecule has 0 aromatic heterocycles. The van der Waals surface area contributed by atoms with Gasteiger partial charge in [0, 0.05) is 12.8 Å². The van der Waals surface area contributed by atoms with E-state index in [2.05, 4.69) is 86.8 Å². The summed E-state index contributed by atoms with van der Waals surface area (Å²) in [4.78, 5) is 37.8. The van der Waals surface area contributed by atoms with Crippen LogP contribution in [0.1, 0.15) is 297 Å². The number of carbonyl (C=O) groups is 2. The lowest BCUT2D eigenvalue weighted by Gasteiger charge is -2.27. The first kappa shape index (κ1) is 75.5. The van der Waals surface area contributed by atoms with Crippen LogP contribution in [0.2, 0.25) is 0 Å². The summed E-state index contributed by atoms with van der Waals surface area (Å²) in [6.07, 6.45) is 74.7. The molecule has 0 radical (unpaired) electrons. The molecule has 3 atom stereocenters. The van der Waals surface area contributed by atoms with Gasteiger partial charge in [-0.15, -0.1) is 0 Å². The number of rotatable bonds is 59. The van der Waals surface area contributed by atoms with E-state index in [1.807, 2.05) is 33.3 Å². The number of likely N-dealkylation sites (N-methyl/N-ethyl adjacent to an activating group) is 1. The van der Waals surface area contributed by atoms with E-state index in [4.69, 9.17) is 13.8 Å². The minimum Gasteiger partial charge on any atom is -0.456 e. The zero-order valence-electron chi connectivity index (χ0n) is 51.9. The smallest absolute Gasteiger partial charge is 0.456 e. The quantitative estimate of drug-likeness (QED) is 0.0205. The van der Waals surface area contributed by atoms with Crippen molar-refractivity contribution in [3.8, 4) is 0 Å². The minimum absolute atomic E-state index is 0.0368. The van der Waals surface area contributed by atoms with E-state index in [0.717, 1.165) is 103 Å². The predicted octanol–water partition coefficient (Wildman–Crippen LogP) is 20.4. The predicted molar refractivity (Wildman–Crippen MR) is 337 cm³/mol. The topological polar surface area (TPSA) is 111 Å². The summed E-state index contributed by atoms with van der Waals surface area (Å²) in [6, 6.07) is -0.855. The molecule has 0 saturated heterocycles. The van der Waals surface area contributed by atoms with Crippen LogP contribution in [0, 0.1) is 0 Å². The van der Waals surface area contributed by atoms with Gasteiger partial charge in [0.2, 0.25) is 5.91 Å². The van der Waals surface area contributed by atoms with E-state index in [9.17, 15) is 19.0 Å². The van der Waals surface area contributed by atoms with Crippen LogP contribution in [0.15, 0.2) is 72.9 Å². The van der Waals surface area contributed by atoms with Crippen molar-refractivity contribution in [3.63, 3.8) is 0 Å². The summed E-state index contributed by atoms with van der Waals surface area (Å²) in [5, 5.41) is 3.06. The molecule has 1 amide bonds. The zero-order valence-corrected chi connectivity index (χ0v) is 52.8. The molecule has 0 rings (SSSR count). The third-order valence-electron chi connectivity index (χ3n) is 14.4. The molecule has 0 aromatic carbocycles. The minimum atomic E-state index is -4.45. The molecule has 0 aliphatic rings. The second-order valence-electron chi connectivity index (χ2n) is 23.3. The number of carbonyl (C=O) groups excluding carboxylic acids is 2. The largest absolute Gasteiger partial charge is 0.472 e. The number of phosphoric ester groups is 1. The summed E-state index contributed by atoms with van der Waals surface area (Å²) >= 11 is 0. The molecule has 3 unspecified atom stereocenters. The lowest BCUT2D eigenvalue weighted by molar-refractivity contribution is -0.870. The van der Waals surface area contributed by atoms with E-state index < -0.39 is 20.0 Å². The summed E-state index contributed by atoms with van der Waals surface area (Å²) in [7, 11) is 1.49. The van der Waals surface area contributed by atoms with E-state index in [-0.39, 0.29) is 25.1 Å². The molecule has 0 aromatic rings. The maximum Gasteiger partial charge on any atom is 0.472 e. The highest BCUT2D eigenvalue weighted by Gasteiger charge is 2.30. The van der Waals surface area contributed by atoms with Gasteiger partial charge in [-0.1, -0.05) is 280 Å². The van der Waals surface area contributed by atoms with Gasteiger partial charge in [-0.2, -0.15) is 0 Å². The number of esters is 1. The maximum atomic E-state index is 13.6. The molecule has 9 nitrogen and oxygen atoms in total. The average molecular weight is 1110 g/mol. The first-order chi connectivity index (χ1) is 37.9. The van der Waals surface area contributed by atoms with Crippen LogP contribution in [0.4, 0.5) is 0 Å². The van der Waals surface area contributed by atoms with Gasteiger partial charge < -0.3 is 19.4 Å². The van der Waals surface area contributed by atoms with Crippen molar-refractivity contribution in [1.82, 2.24) is 5.32 Å². The number of phosphoric acid groups is 1. The molecule has 0 heterocycles. The molecule has 454 valence electrons. The number of quaternary nitrogens is 1. The molecular weight excluding hydrogens is 988 g/mol. The highest BCUT2D eigenvalue weighted by Crippen LogP contribution is 2.43. The molecular formula is C68H126N2O7P+. The Hall–Kier alpha value is -2.55. The second kappa shape index (κ2) is 57.7. The van der Waals surface area contributed by atoms with Crippen LogP contribution in [0.5, 0.6) is 0 Å². The molecule has 78 heavy (non-hydrogen) atoms. The van der Waals surface area contributed by atoms with Crippen LogP contribution in [-0.2, 0) is 27.9 Å². The number of allylic oxidation sites excluding steroid dienone is 11. The van der Waals surface area contributed by atoms with E-state index in [1.54, 1.807) is 0 Å². The van der Waals surface area contributed by atoms with Crippen molar-refractivity contribution in [3.05, 3.63) is 72.9 Å². The normalized spacial score (nSPS) is 14.1. The number of nitrogens with zero attached hydrogens (tertiary/aromatic N) is 1. The lowest BCUT2D eigenvalue weighted by atomic mass is 10.0. The Balaban J connectivity index is 5.19. The van der Waals surface area contributed by atoms with Crippen molar-refractivity contribution in [2.24, 2.45) is 0 Å². The summed E-state index contributed by atoms with van der Waals surface area (Å²) < 4.78 is 30.7. The number of hydrogen-bond donors (Lipinski definition) is 2. The zero-order chi connectivity index (χ0) is 57.2. The van der Waals surface area contributed by atoms with Crippen LogP contribution in [0.25, 0.3) is 0 Å². The Kier molecular flexibility index (Phi) is 55.8. The fourth-order valence-corrected chi connectivity index (χ4v) is 10.1. The first-order valence-corrected chi connectivity index (χ1v) is 34.3. The summed E-state index contributed by atoms with van der Waals surface area (Å²) in [5.41, 5.74) is 0. The average Bonchev–Trinajstić information content (AvgIpc) is 3.40. The monoisotopic (exact) mass is 1110 g/mol. The van der Waals surface area contributed by atoms with Gasteiger partial charge in [0.25, 0.3) is 0 Å². The molecule has 10 heteroatoms. The van der Waals surface area contributed by atoms with Crippen molar-refractivity contribution in [2.75, 3.05) is 40.9 Å². The molecule has 0 saturated carbocycles. The number of ether oxygens (including phenoxy) is 1. The van der Waals surface area contributed by atoms with Gasteiger partial charge in [-0.3, -0.25) is 18.6 Å². The molecule has 0 bridgehead atoms. The number of hydrogen-bond acceptors (Lipinski definition) is 6. The summed E-state index contributed by atoms with van der Waals surface area (Å²) in [5.74, 6) is -0.510. The highest BCUT2D eigenvalue weighted by molar-refractivity contribution is 7.47. The molecule has 0 aliphatic carbocycles. The van der Waals surface area contributed by atoms with Crippen LogP contribution < -0.4 is 5.32 Å². The third kappa shape index (κ3) is 58.1. The Bertz CT molecular complexity index is 1570. The van der Waals surface area contributed by atoms with Crippen LogP contribution >= 0.6 is 7.82 Å². The number of amides is 1. The number of unbranched alkanes of at least 4 members (excludes halogenated alkanes) is 33. The fourth-order valence-electron chi connectivity index (χ4n) is 9.38. The molecule has 0 spiro atoms. The third-order valence-corrected chi connectivity index (χ3v) is 15.4. The molecule has 2 N–H and O–H groups in total. The van der Waals surface area contributed by atoms with E-state index >= 15 is 0 Å². The standard InChI is InChI=1S/C68H125N2O7P/c1-7-10-13-16-19-22-25-28-30-32-33-34-35-36-37-39-40-42-45-48-51-54-57-60-67(71)69-65(64-76-78(73,74)75-63-62-70(4,5)6)66(59-56-53-50-47-44-27-24-21-18-15-12-9-3)77-68(72)61-58-55-52-49-46-43-41-38-31-29-26-23-20-17-14-11-8-2/h10,13,19,22,28,30,33-34,36-37,56,59,65-66H,7-9,11-12,14-18,20-21,23-27,29,31-32,35,38-55,57-58,60-64H2,1-6H3,(H-,69,71,73,74)/p+1/b13-10-,22-19-,30-28-,34-33-,37-36-,59-56-. The van der Waals surface area contributed by atoms with Gasteiger partial charge in [0.15, 0.2) is 0 Å². The van der Waals surface area contributed by atoms with E-state index in [1.165, 1.54) is 161 Å². The van der Waals surface area contributed by atoms with Crippen LogP contribution in [0.3, 0.4) is 0 Å². The Morgan fingerprint density at radius 2 is 0.821 bits per heavy atom. The first-order valence-electron chi connectivity index (χ1n) is 32.8. The Morgan fingerprint density at radius 3 is 1.23 bits per heavy atom. The Morgan fingerprint density at radius 1 is 0.462 bits per heavy atom. The Labute approximate surface area is 483 Å². The van der Waals surface area contributed by atoms with Gasteiger partial charge in [-0.25, -0.2) is 4.57 Å². The van der Waals surface area contributed by atoms with Gasteiger partial charge in [-0.05, 0) is 76.7 Å². The van der Waals surface area contributed by atoms with Crippen molar-refractivity contribution < 1.29 is 37.3 Å². The highest BCUT2D eigenvalue weighted by atomic mass is 31.2. The molecule has 0 aliphatic heterocycles. The SMILES string of the molecule is CC/C=C\C/C=C\C/C=C\C/C=C\C/C=C\CCCCCCCCCC(=O)NC(COP(=O)(O)OCC[N+](C)(C)C)C(/C=C\CCCCCCCCCCCC)OC(=O)CCCCCCCCCCCCCCCCCCC. The van der Waals surface area contributed by atoms with E-state index in [0.29, 0.717) is 23.9 Å². The van der Waals surface area contributed by atoms with Gasteiger partial charge in [0.05, 0.1) is 33.8 Å². The molecule has 0 fully saturated rings. The van der Waals surface area contributed by atoms with Gasteiger partial charge in [0.1, 0.15) is 19.3 Å². The van der Waals surface area contributed by atoms with Crippen molar-refractivity contribution in [2.45, 2.75) is 309 Å². The van der Waals surface area contributed by atoms with Crippen molar-refractivity contribution >= 4 is 19.7 Å². The van der Waals surface area contributed by atoms with Crippen molar-refractivity contribution in [1.29, 1.82) is 0 Å². The van der Waals surface area contributed by atoms with Gasteiger partial charge >= 0.3 is 13.8 Å². The summed E-state index contributed by atoms with van der Waals surface area (Å²) in [6.45, 7) is 6.91.